The molecule has 0 saturated carbocycles. The fraction of sp³-hybridized carbons (Fsp3) is 0.217. The van der Waals surface area contributed by atoms with Crippen LogP contribution in [0.1, 0.15) is 12.8 Å². The topological polar surface area (TPSA) is 88.9 Å². The number of benzene rings is 2. The number of para-hydroxylation sites is 1. The molecule has 1 aliphatic rings. The fourth-order valence-corrected chi connectivity index (χ4v) is 5.61. The predicted octanol–water partition coefficient (Wildman–Crippen LogP) is 4.15. The van der Waals surface area contributed by atoms with Crippen LogP contribution in [0.4, 0.5) is 5.95 Å². The monoisotopic (exact) mass is 467 g/mol. The molecule has 0 spiro atoms. The number of piperidine rings is 1. The Morgan fingerprint density at radius 2 is 1.88 bits per heavy atom. The molecule has 2 aromatic carbocycles. The first-order valence-electron chi connectivity index (χ1n) is 10.4. The smallest absolute Gasteiger partial charge is 0.268 e. The van der Waals surface area contributed by atoms with Gasteiger partial charge in [0.15, 0.2) is 0 Å². The summed E-state index contributed by atoms with van der Waals surface area (Å²) in [5, 5.41) is 7.83. The van der Waals surface area contributed by atoms with Gasteiger partial charge in [0.25, 0.3) is 10.0 Å². The molecule has 2 N–H and O–H groups in total. The lowest BCUT2D eigenvalue weighted by Crippen LogP contribution is -2.38. The van der Waals surface area contributed by atoms with Gasteiger partial charge in [-0.2, -0.15) is 0 Å². The van der Waals surface area contributed by atoms with Crippen LogP contribution in [0.25, 0.3) is 22.2 Å². The average molecular weight is 468 g/mol. The number of fused-ring (bicyclic) bond motifs is 1. The van der Waals surface area contributed by atoms with Crippen molar-refractivity contribution in [3.8, 4) is 11.3 Å². The first-order valence-corrected chi connectivity index (χ1v) is 12.3. The molecule has 1 aliphatic heterocycles. The SMILES string of the molecule is O=S(=O)(c1ccccc1)n1cc(-c2nc(N[C@H]3CCCNC3)ncc2Cl)c2ccccc21. The second-order valence-corrected chi connectivity index (χ2v) is 9.97. The Kier molecular flexibility index (Phi) is 5.58. The maximum absolute atomic E-state index is 13.4. The molecule has 1 saturated heterocycles. The Balaban J connectivity index is 1.62. The quantitative estimate of drug-likeness (QED) is 0.458. The van der Waals surface area contributed by atoms with Crippen LogP contribution in [-0.4, -0.2) is 41.5 Å². The summed E-state index contributed by atoms with van der Waals surface area (Å²) in [6, 6.07) is 15.9. The molecule has 1 fully saturated rings. The van der Waals surface area contributed by atoms with Crippen molar-refractivity contribution in [1.29, 1.82) is 0 Å². The highest BCUT2D eigenvalue weighted by atomic mass is 35.5. The second-order valence-electron chi connectivity index (χ2n) is 7.75. The Hall–Kier alpha value is -2.94. The van der Waals surface area contributed by atoms with Gasteiger partial charge in [0.1, 0.15) is 0 Å². The lowest BCUT2D eigenvalue weighted by atomic mass is 10.1. The Labute approximate surface area is 191 Å². The van der Waals surface area contributed by atoms with Crippen LogP contribution < -0.4 is 10.6 Å². The number of halogens is 1. The minimum Gasteiger partial charge on any atom is -0.350 e. The van der Waals surface area contributed by atoms with Gasteiger partial charge >= 0.3 is 0 Å². The normalized spacial score (nSPS) is 16.8. The lowest BCUT2D eigenvalue weighted by molar-refractivity contribution is 0.478. The van der Waals surface area contributed by atoms with Crippen molar-refractivity contribution in [2.24, 2.45) is 0 Å². The maximum atomic E-state index is 13.4. The Morgan fingerprint density at radius 3 is 2.66 bits per heavy atom. The predicted molar refractivity (Wildman–Crippen MR) is 127 cm³/mol. The minimum absolute atomic E-state index is 0.216. The lowest BCUT2D eigenvalue weighted by Gasteiger charge is -2.23. The minimum atomic E-state index is -3.79. The number of hydrogen-bond acceptors (Lipinski definition) is 6. The van der Waals surface area contributed by atoms with E-state index in [4.69, 9.17) is 11.6 Å². The summed E-state index contributed by atoms with van der Waals surface area (Å²) in [6.45, 7) is 1.86. The zero-order valence-corrected chi connectivity index (χ0v) is 18.8. The fourth-order valence-electron chi connectivity index (χ4n) is 4.03. The number of anilines is 1. The van der Waals surface area contributed by atoms with E-state index in [-0.39, 0.29) is 10.9 Å². The number of hydrogen-bond donors (Lipinski definition) is 2. The van der Waals surface area contributed by atoms with Crippen LogP contribution in [0, 0.1) is 0 Å². The van der Waals surface area contributed by atoms with E-state index in [0.717, 1.165) is 31.3 Å². The molecule has 0 unspecified atom stereocenters. The number of aromatic nitrogens is 3. The molecule has 1 atom stereocenters. The van der Waals surface area contributed by atoms with Crippen molar-refractivity contribution in [2.75, 3.05) is 18.4 Å². The molecule has 2 aromatic heterocycles. The number of nitrogens with zero attached hydrogens (tertiary/aromatic N) is 3. The Bertz CT molecular complexity index is 1370. The van der Waals surface area contributed by atoms with E-state index in [9.17, 15) is 8.42 Å². The molecule has 3 heterocycles. The van der Waals surface area contributed by atoms with E-state index in [1.165, 1.54) is 3.97 Å². The van der Waals surface area contributed by atoms with E-state index in [2.05, 4.69) is 20.6 Å². The summed E-state index contributed by atoms with van der Waals surface area (Å²) in [5.41, 5.74) is 1.69. The van der Waals surface area contributed by atoms with Crippen molar-refractivity contribution in [3.63, 3.8) is 0 Å². The molecule has 32 heavy (non-hydrogen) atoms. The van der Waals surface area contributed by atoms with Crippen molar-refractivity contribution in [3.05, 3.63) is 72.0 Å². The Morgan fingerprint density at radius 1 is 1.09 bits per heavy atom. The molecule has 9 heteroatoms. The van der Waals surface area contributed by atoms with Crippen LogP contribution in [0.5, 0.6) is 0 Å². The van der Waals surface area contributed by atoms with Crippen molar-refractivity contribution >= 4 is 38.5 Å². The molecule has 0 bridgehead atoms. The summed E-state index contributed by atoms with van der Waals surface area (Å²) < 4.78 is 28.1. The molecular weight excluding hydrogens is 446 g/mol. The van der Waals surface area contributed by atoms with Gasteiger partial charge in [-0.25, -0.2) is 22.4 Å². The van der Waals surface area contributed by atoms with Crippen LogP contribution >= 0.6 is 11.6 Å². The first-order chi connectivity index (χ1) is 15.5. The zero-order chi connectivity index (χ0) is 22.1. The summed E-state index contributed by atoms with van der Waals surface area (Å²) in [7, 11) is -3.79. The summed E-state index contributed by atoms with van der Waals surface area (Å²) in [6.07, 6.45) is 5.26. The van der Waals surface area contributed by atoms with Gasteiger partial charge in [0, 0.05) is 29.7 Å². The molecule has 4 aromatic rings. The molecule has 5 rings (SSSR count). The van der Waals surface area contributed by atoms with Crippen LogP contribution in [-0.2, 0) is 10.0 Å². The standard InChI is InChI=1S/C23H22ClN5O2S/c24-20-14-26-23(27-16-7-6-12-25-13-16)28-22(20)19-15-29(21-11-5-4-10-18(19)21)32(30,31)17-8-2-1-3-9-17/h1-5,8-11,14-16,25H,6-7,12-13H2,(H,26,27,28)/t16-/m0/s1. The molecule has 0 amide bonds. The van der Waals surface area contributed by atoms with Gasteiger partial charge in [0.2, 0.25) is 5.95 Å². The maximum Gasteiger partial charge on any atom is 0.268 e. The van der Waals surface area contributed by atoms with Gasteiger partial charge in [-0.15, -0.1) is 0 Å². The molecule has 7 nitrogen and oxygen atoms in total. The third-order valence-electron chi connectivity index (χ3n) is 5.61. The zero-order valence-electron chi connectivity index (χ0n) is 17.2. The van der Waals surface area contributed by atoms with E-state index in [1.54, 1.807) is 48.8 Å². The van der Waals surface area contributed by atoms with Crippen molar-refractivity contribution in [2.45, 2.75) is 23.8 Å². The molecule has 0 radical (unpaired) electrons. The van der Waals surface area contributed by atoms with Gasteiger partial charge in [-0.05, 0) is 37.6 Å². The van der Waals surface area contributed by atoms with Gasteiger partial charge in [-0.1, -0.05) is 48.0 Å². The van der Waals surface area contributed by atoms with Gasteiger partial charge in [0.05, 0.1) is 27.3 Å². The molecule has 0 aliphatic carbocycles. The van der Waals surface area contributed by atoms with Crippen LogP contribution in [0.3, 0.4) is 0 Å². The number of rotatable bonds is 5. The highest BCUT2D eigenvalue weighted by Crippen LogP contribution is 2.35. The van der Waals surface area contributed by atoms with Crippen LogP contribution in [0.2, 0.25) is 5.02 Å². The van der Waals surface area contributed by atoms with E-state index in [1.807, 2.05) is 18.2 Å². The third kappa shape index (κ3) is 3.85. The van der Waals surface area contributed by atoms with Crippen molar-refractivity contribution < 1.29 is 8.42 Å². The molecule has 164 valence electrons. The largest absolute Gasteiger partial charge is 0.350 e. The first kappa shape index (κ1) is 20.9. The van der Waals surface area contributed by atoms with E-state index < -0.39 is 10.0 Å². The summed E-state index contributed by atoms with van der Waals surface area (Å²) in [5.74, 6) is 0.473. The average Bonchev–Trinajstić information content (AvgIpc) is 3.22. The third-order valence-corrected chi connectivity index (χ3v) is 7.57. The summed E-state index contributed by atoms with van der Waals surface area (Å²) >= 11 is 6.49. The van der Waals surface area contributed by atoms with Crippen LogP contribution in [0.15, 0.2) is 71.9 Å². The van der Waals surface area contributed by atoms with Crippen molar-refractivity contribution in [1.82, 2.24) is 19.3 Å². The second kappa shape index (κ2) is 8.54. The highest BCUT2D eigenvalue weighted by Gasteiger charge is 2.23. The molecular formula is C23H22ClN5O2S. The van der Waals surface area contributed by atoms with Gasteiger partial charge < -0.3 is 10.6 Å². The number of nitrogens with one attached hydrogen (secondary N) is 2. The highest BCUT2D eigenvalue weighted by molar-refractivity contribution is 7.90. The van der Waals surface area contributed by atoms with Gasteiger partial charge in [-0.3, -0.25) is 0 Å². The van der Waals surface area contributed by atoms with E-state index in [0.29, 0.717) is 27.7 Å². The van der Waals surface area contributed by atoms with E-state index >= 15 is 0 Å². The summed E-state index contributed by atoms with van der Waals surface area (Å²) in [4.78, 5) is 9.22.